The summed E-state index contributed by atoms with van der Waals surface area (Å²) in [6.07, 6.45) is -3.28. The van der Waals surface area contributed by atoms with Crippen LogP contribution in [0.15, 0.2) is 46.9 Å². The van der Waals surface area contributed by atoms with Gasteiger partial charge in [-0.1, -0.05) is 11.2 Å². The van der Waals surface area contributed by atoms with Gasteiger partial charge in [0.15, 0.2) is 6.61 Å². The Hall–Kier alpha value is -2.55. The highest BCUT2D eigenvalue weighted by molar-refractivity contribution is 7.11. The number of halogens is 3. The van der Waals surface area contributed by atoms with Gasteiger partial charge in [0.1, 0.15) is 5.75 Å². The van der Waals surface area contributed by atoms with Crippen LogP contribution in [0.25, 0.3) is 0 Å². The summed E-state index contributed by atoms with van der Waals surface area (Å²) in [5, 5.41) is 7.96. The van der Waals surface area contributed by atoms with E-state index in [-0.39, 0.29) is 12.4 Å². The molecule has 0 aliphatic heterocycles. The highest BCUT2D eigenvalue weighted by Gasteiger charge is 2.30. The summed E-state index contributed by atoms with van der Waals surface area (Å²) in [5.41, 5.74) is 0.315. The van der Waals surface area contributed by atoms with Crippen molar-refractivity contribution in [1.29, 1.82) is 0 Å². The van der Waals surface area contributed by atoms with Gasteiger partial charge < -0.3 is 14.9 Å². The Labute approximate surface area is 133 Å². The zero-order valence-electron chi connectivity index (χ0n) is 11.5. The molecule has 0 saturated carbocycles. The standard InChI is InChI=1S/C14H11F3N2O3S/c15-14(16,17)22-11-5-3-10(4-6-11)19-13(20)9-21-18-8-12-2-1-7-23-12/h1-8H,9H2,(H,19,20)/b18-8+. The molecule has 0 unspecified atom stereocenters. The topological polar surface area (TPSA) is 59.9 Å². The van der Waals surface area contributed by atoms with E-state index in [1.165, 1.54) is 29.7 Å². The Kier molecular flexibility index (Phi) is 5.58. The van der Waals surface area contributed by atoms with Crippen molar-refractivity contribution in [1.82, 2.24) is 0 Å². The lowest BCUT2D eigenvalue weighted by molar-refractivity contribution is -0.274. The van der Waals surface area contributed by atoms with Gasteiger partial charge in [0.2, 0.25) is 0 Å². The van der Waals surface area contributed by atoms with Crippen molar-refractivity contribution in [2.45, 2.75) is 6.36 Å². The van der Waals surface area contributed by atoms with E-state index < -0.39 is 12.3 Å². The van der Waals surface area contributed by atoms with Gasteiger partial charge in [-0.25, -0.2) is 0 Å². The largest absolute Gasteiger partial charge is 0.573 e. The zero-order valence-corrected chi connectivity index (χ0v) is 12.4. The highest BCUT2D eigenvalue weighted by Crippen LogP contribution is 2.23. The van der Waals surface area contributed by atoms with Crippen LogP contribution in [0.3, 0.4) is 0 Å². The number of oxime groups is 1. The van der Waals surface area contributed by atoms with Gasteiger partial charge in [-0.05, 0) is 35.7 Å². The van der Waals surface area contributed by atoms with Crippen molar-refractivity contribution in [3.05, 3.63) is 46.7 Å². The molecule has 0 radical (unpaired) electrons. The SMILES string of the molecule is O=C(CO/N=C/c1cccs1)Nc1ccc(OC(F)(F)F)cc1. The average molecular weight is 344 g/mol. The van der Waals surface area contributed by atoms with E-state index in [2.05, 4.69) is 15.2 Å². The Morgan fingerprint density at radius 1 is 1.26 bits per heavy atom. The number of hydrogen-bond acceptors (Lipinski definition) is 5. The lowest BCUT2D eigenvalue weighted by Crippen LogP contribution is -2.18. The fraction of sp³-hybridized carbons (Fsp3) is 0.143. The Bertz CT molecular complexity index is 655. The molecule has 0 spiro atoms. The number of alkyl halides is 3. The van der Waals surface area contributed by atoms with Gasteiger partial charge in [-0.15, -0.1) is 24.5 Å². The monoisotopic (exact) mass is 344 g/mol. The van der Waals surface area contributed by atoms with Crippen LogP contribution in [-0.2, 0) is 9.63 Å². The summed E-state index contributed by atoms with van der Waals surface area (Å²) >= 11 is 1.47. The summed E-state index contributed by atoms with van der Waals surface area (Å²) in [5.74, 6) is -0.856. The van der Waals surface area contributed by atoms with Crippen molar-refractivity contribution >= 4 is 29.1 Å². The van der Waals surface area contributed by atoms with Crippen molar-refractivity contribution in [2.24, 2.45) is 5.16 Å². The molecule has 1 aromatic carbocycles. The number of amides is 1. The van der Waals surface area contributed by atoms with Crippen molar-refractivity contribution in [3.63, 3.8) is 0 Å². The first-order chi connectivity index (χ1) is 10.9. The van der Waals surface area contributed by atoms with Crippen LogP contribution >= 0.6 is 11.3 Å². The van der Waals surface area contributed by atoms with Crippen LogP contribution < -0.4 is 10.1 Å². The molecule has 5 nitrogen and oxygen atoms in total. The molecule has 0 aliphatic carbocycles. The maximum atomic E-state index is 12.0. The molecule has 9 heteroatoms. The molecule has 2 aromatic rings. The number of carbonyl (C=O) groups excluding carboxylic acids is 1. The van der Waals surface area contributed by atoms with E-state index in [0.29, 0.717) is 5.69 Å². The number of rotatable bonds is 6. The van der Waals surface area contributed by atoms with Crippen molar-refractivity contribution in [3.8, 4) is 5.75 Å². The molecule has 2 rings (SSSR count). The molecule has 0 saturated heterocycles. The molecule has 1 N–H and O–H groups in total. The first kappa shape index (κ1) is 16.8. The molecular weight excluding hydrogens is 333 g/mol. The van der Waals surface area contributed by atoms with Crippen LogP contribution in [0.4, 0.5) is 18.9 Å². The first-order valence-electron chi connectivity index (χ1n) is 6.27. The van der Waals surface area contributed by atoms with Crippen LogP contribution in [0.5, 0.6) is 5.75 Å². The van der Waals surface area contributed by atoms with Crippen molar-refractivity contribution in [2.75, 3.05) is 11.9 Å². The zero-order chi connectivity index (χ0) is 16.7. The first-order valence-corrected chi connectivity index (χ1v) is 7.15. The maximum Gasteiger partial charge on any atom is 0.573 e. The summed E-state index contributed by atoms with van der Waals surface area (Å²) in [6, 6.07) is 8.45. The van der Waals surface area contributed by atoms with Gasteiger partial charge in [-0.2, -0.15) is 0 Å². The summed E-state index contributed by atoms with van der Waals surface area (Å²) in [4.78, 5) is 17.3. The lowest BCUT2D eigenvalue weighted by Gasteiger charge is -2.09. The summed E-state index contributed by atoms with van der Waals surface area (Å²) < 4.78 is 39.7. The lowest BCUT2D eigenvalue weighted by atomic mass is 10.3. The van der Waals surface area contributed by atoms with Gasteiger partial charge in [-0.3, -0.25) is 4.79 Å². The van der Waals surface area contributed by atoms with Gasteiger partial charge in [0, 0.05) is 10.6 Å². The van der Waals surface area contributed by atoms with E-state index in [0.717, 1.165) is 17.0 Å². The van der Waals surface area contributed by atoms with Gasteiger partial charge in [0.05, 0.1) is 6.21 Å². The highest BCUT2D eigenvalue weighted by atomic mass is 32.1. The fourth-order valence-electron chi connectivity index (χ4n) is 1.49. The predicted molar refractivity (Wildman–Crippen MR) is 79.6 cm³/mol. The maximum absolute atomic E-state index is 12.0. The van der Waals surface area contributed by atoms with E-state index in [4.69, 9.17) is 4.84 Å². The second-order valence-corrected chi connectivity index (χ2v) is 5.12. The number of nitrogens with one attached hydrogen (secondary N) is 1. The molecule has 0 aliphatic rings. The molecule has 1 aromatic heterocycles. The molecule has 0 bridgehead atoms. The molecule has 122 valence electrons. The number of benzene rings is 1. The number of thiophene rings is 1. The van der Waals surface area contributed by atoms with Crippen LogP contribution in [0.1, 0.15) is 4.88 Å². The molecule has 0 atom stereocenters. The number of ether oxygens (including phenoxy) is 1. The molecular formula is C14H11F3N2O3S. The molecule has 1 amide bonds. The van der Waals surface area contributed by atoms with Crippen molar-refractivity contribution < 1.29 is 27.5 Å². The number of carbonyl (C=O) groups is 1. The van der Waals surface area contributed by atoms with E-state index >= 15 is 0 Å². The average Bonchev–Trinajstić information content (AvgIpc) is 2.97. The smallest absolute Gasteiger partial charge is 0.406 e. The number of nitrogens with zero attached hydrogens (tertiary/aromatic N) is 1. The Balaban J connectivity index is 1.76. The van der Waals surface area contributed by atoms with E-state index in [1.54, 1.807) is 0 Å². The fourth-order valence-corrected chi connectivity index (χ4v) is 2.06. The summed E-state index contributed by atoms with van der Waals surface area (Å²) in [7, 11) is 0. The number of hydrogen-bond donors (Lipinski definition) is 1. The van der Waals surface area contributed by atoms with Crippen LogP contribution in [0.2, 0.25) is 0 Å². The van der Waals surface area contributed by atoms with Gasteiger partial charge >= 0.3 is 6.36 Å². The minimum absolute atomic E-state index is 0.315. The van der Waals surface area contributed by atoms with Crippen LogP contribution in [0, 0.1) is 0 Å². The summed E-state index contributed by atoms with van der Waals surface area (Å²) in [6.45, 7) is -0.317. The Morgan fingerprint density at radius 3 is 2.61 bits per heavy atom. The molecule has 0 fully saturated rings. The third-order valence-electron chi connectivity index (χ3n) is 2.36. The van der Waals surface area contributed by atoms with E-state index in [1.807, 2.05) is 17.5 Å². The molecule has 23 heavy (non-hydrogen) atoms. The second-order valence-electron chi connectivity index (χ2n) is 4.14. The number of anilines is 1. The van der Waals surface area contributed by atoms with E-state index in [9.17, 15) is 18.0 Å². The quantitative estimate of drug-likeness (QED) is 0.643. The van der Waals surface area contributed by atoms with Crippen LogP contribution in [-0.4, -0.2) is 25.1 Å². The minimum Gasteiger partial charge on any atom is -0.406 e. The second kappa shape index (κ2) is 7.63. The normalized spacial score (nSPS) is 11.4. The third-order valence-corrected chi connectivity index (χ3v) is 3.17. The minimum atomic E-state index is -4.75. The third kappa shape index (κ3) is 6.39. The van der Waals surface area contributed by atoms with Gasteiger partial charge in [0.25, 0.3) is 5.91 Å². The Morgan fingerprint density at radius 2 is 2.00 bits per heavy atom. The predicted octanol–water partition coefficient (Wildman–Crippen LogP) is 3.64. The molecule has 1 heterocycles.